The average molecular weight is 430 g/mol. The molecule has 160 valence electrons. The first kappa shape index (κ1) is 22.1. The van der Waals surface area contributed by atoms with Crippen molar-refractivity contribution >= 4 is 34.8 Å². The van der Waals surface area contributed by atoms with Crippen LogP contribution in [-0.2, 0) is 9.59 Å². The first-order valence-corrected chi connectivity index (χ1v) is 10.7. The normalized spacial score (nSPS) is 15.1. The number of nitrogens with one attached hydrogen (secondary N) is 2. The molecule has 6 nitrogen and oxygen atoms in total. The van der Waals surface area contributed by atoms with Crippen molar-refractivity contribution in [2.75, 3.05) is 56.5 Å². The van der Waals surface area contributed by atoms with E-state index in [1.54, 1.807) is 0 Å². The van der Waals surface area contributed by atoms with Crippen LogP contribution in [0.3, 0.4) is 0 Å². The Morgan fingerprint density at radius 1 is 1.00 bits per heavy atom. The van der Waals surface area contributed by atoms with E-state index in [0.29, 0.717) is 19.6 Å². The van der Waals surface area contributed by atoms with Gasteiger partial charge in [0.25, 0.3) is 11.8 Å². The molecule has 0 aromatic heterocycles. The summed E-state index contributed by atoms with van der Waals surface area (Å²) in [5.74, 6) is -0.0108. The molecule has 1 saturated heterocycles. The third-order valence-electron chi connectivity index (χ3n) is 5.62. The Morgan fingerprint density at radius 2 is 1.70 bits per heavy atom. The molecule has 1 atom stereocenters. The van der Waals surface area contributed by atoms with E-state index >= 15 is 0 Å². The van der Waals surface area contributed by atoms with Crippen molar-refractivity contribution in [2.24, 2.45) is 0 Å². The van der Waals surface area contributed by atoms with Gasteiger partial charge in [-0.05, 0) is 43.2 Å². The molecule has 0 spiro atoms. The van der Waals surface area contributed by atoms with Gasteiger partial charge in [-0.3, -0.25) is 9.59 Å². The third kappa shape index (κ3) is 5.52. The van der Waals surface area contributed by atoms with Gasteiger partial charge in [0.05, 0.1) is 17.8 Å². The van der Waals surface area contributed by atoms with Crippen molar-refractivity contribution in [1.82, 2.24) is 4.90 Å². The van der Waals surface area contributed by atoms with Gasteiger partial charge in [0.15, 0.2) is 13.1 Å². The molecular formula is C23H30ClN4O2+. The number of halogens is 1. The van der Waals surface area contributed by atoms with E-state index in [4.69, 9.17) is 11.6 Å². The van der Waals surface area contributed by atoms with Crippen LogP contribution in [-0.4, -0.2) is 63.0 Å². The fraction of sp³-hybridized carbons (Fsp3) is 0.391. The number of amides is 2. The second kappa shape index (κ2) is 9.96. The van der Waals surface area contributed by atoms with Crippen LogP contribution >= 0.6 is 11.6 Å². The monoisotopic (exact) mass is 429 g/mol. The number of anilines is 2. The average Bonchev–Trinajstić information content (AvgIpc) is 2.72. The molecule has 0 bridgehead atoms. The molecule has 2 aromatic carbocycles. The first-order chi connectivity index (χ1) is 14.3. The van der Waals surface area contributed by atoms with Gasteiger partial charge in [-0.1, -0.05) is 35.9 Å². The van der Waals surface area contributed by atoms with Crippen molar-refractivity contribution in [1.29, 1.82) is 0 Å². The van der Waals surface area contributed by atoms with Gasteiger partial charge in [-0.15, -0.1) is 0 Å². The van der Waals surface area contributed by atoms with Crippen molar-refractivity contribution in [2.45, 2.75) is 13.8 Å². The van der Waals surface area contributed by atoms with Crippen LogP contribution in [0.1, 0.15) is 11.1 Å². The summed E-state index contributed by atoms with van der Waals surface area (Å²) in [4.78, 5) is 30.0. The predicted molar refractivity (Wildman–Crippen MR) is 121 cm³/mol. The Hall–Kier alpha value is -2.57. The molecule has 1 aliphatic heterocycles. The Labute approximate surface area is 183 Å². The molecule has 1 aliphatic rings. The van der Waals surface area contributed by atoms with Crippen LogP contribution in [0.2, 0.25) is 5.02 Å². The molecule has 0 aliphatic carbocycles. The highest BCUT2D eigenvalue weighted by atomic mass is 35.5. The fourth-order valence-corrected chi connectivity index (χ4v) is 3.95. The van der Waals surface area contributed by atoms with Gasteiger partial charge in [0.1, 0.15) is 0 Å². The number of carbonyl (C=O) groups excluding carboxylic acids is 2. The highest BCUT2D eigenvalue weighted by molar-refractivity contribution is 6.33. The maximum Gasteiger partial charge on any atom is 0.279 e. The van der Waals surface area contributed by atoms with Crippen molar-refractivity contribution in [3.05, 3.63) is 58.6 Å². The predicted octanol–water partition coefficient (Wildman–Crippen LogP) is 1.76. The summed E-state index contributed by atoms with van der Waals surface area (Å²) in [6.07, 6.45) is 0. The number of rotatable bonds is 6. The Balaban J connectivity index is 1.46. The summed E-state index contributed by atoms with van der Waals surface area (Å²) in [7, 11) is 1.88. The number of carbonyl (C=O) groups is 2. The van der Waals surface area contributed by atoms with E-state index in [1.165, 1.54) is 0 Å². The number of quaternary nitrogens is 1. The van der Waals surface area contributed by atoms with Crippen LogP contribution in [0.5, 0.6) is 0 Å². The second-order valence-corrected chi connectivity index (χ2v) is 8.33. The number of para-hydroxylation sites is 1. The minimum Gasteiger partial charge on any atom is -0.367 e. The lowest BCUT2D eigenvalue weighted by Crippen LogP contribution is -3.11. The smallest absolute Gasteiger partial charge is 0.279 e. The number of aryl methyl sites for hydroxylation is 1. The maximum absolute atomic E-state index is 12.7. The van der Waals surface area contributed by atoms with E-state index in [0.717, 1.165) is 45.5 Å². The highest BCUT2D eigenvalue weighted by Gasteiger charge is 2.25. The van der Waals surface area contributed by atoms with E-state index in [9.17, 15) is 9.59 Å². The number of likely N-dealkylation sites (N-methyl/N-ethyl adjacent to an activating group) is 1. The summed E-state index contributed by atoms with van der Waals surface area (Å²) in [6.45, 7) is 7.38. The van der Waals surface area contributed by atoms with Gasteiger partial charge in [-0.25, -0.2) is 0 Å². The van der Waals surface area contributed by atoms with Crippen LogP contribution in [0, 0.1) is 13.8 Å². The van der Waals surface area contributed by atoms with Crippen LogP contribution in [0.25, 0.3) is 0 Å². The zero-order valence-electron chi connectivity index (χ0n) is 17.9. The molecule has 2 aromatic rings. The number of nitrogens with zero attached hydrogens (tertiary/aromatic N) is 2. The van der Waals surface area contributed by atoms with E-state index in [-0.39, 0.29) is 18.4 Å². The largest absolute Gasteiger partial charge is 0.367 e. The Bertz CT molecular complexity index is 910. The number of hydrogen-bond acceptors (Lipinski definition) is 3. The van der Waals surface area contributed by atoms with Crippen molar-refractivity contribution in [3.8, 4) is 0 Å². The lowest BCUT2D eigenvalue weighted by molar-refractivity contribution is -0.862. The van der Waals surface area contributed by atoms with Crippen molar-refractivity contribution in [3.63, 3.8) is 0 Å². The summed E-state index contributed by atoms with van der Waals surface area (Å²) in [5.41, 5.74) is 4.04. The second-order valence-electron chi connectivity index (χ2n) is 7.93. The zero-order valence-corrected chi connectivity index (χ0v) is 18.6. The van der Waals surface area contributed by atoms with Crippen LogP contribution in [0.4, 0.5) is 11.4 Å². The topological polar surface area (TPSA) is 57.1 Å². The fourth-order valence-electron chi connectivity index (χ4n) is 3.69. The lowest BCUT2D eigenvalue weighted by atomic mass is 10.1. The third-order valence-corrected chi connectivity index (χ3v) is 5.94. The van der Waals surface area contributed by atoms with Crippen LogP contribution in [0.15, 0.2) is 42.5 Å². The first-order valence-electron chi connectivity index (χ1n) is 10.3. The Morgan fingerprint density at radius 3 is 2.40 bits per heavy atom. The highest BCUT2D eigenvalue weighted by Crippen LogP contribution is 2.26. The molecule has 1 fully saturated rings. The molecule has 0 radical (unpaired) electrons. The van der Waals surface area contributed by atoms with E-state index < -0.39 is 0 Å². The van der Waals surface area contributed by atoms with Crippen LogP contribution < -0.4 is 15.1 Å². The van der Waals surface area contributed by atoms with Gasteiger partial charge in [-0.2, -0.15) is 0 Å². The molecule has 2 amide bonds. The minimum atomic E-state index is -0.0856. The zero-order chi connectivity index (χ0) is 21.7. The lowest BCUT2D eigenvalue weighted by Gasteiger charge is -2.36. The van der Waals surface area contributed by atoms with Gasteiger partial charge in [0, 0.05) is 31.9 Å². The van der Waals surface area contributed by atoms with E-state index in [2.05, 4.69) is 10.2 Å². The Kier molecular flexibility index (Phi) is 7.34. The summed E-state index contributed by atoms with van der Waals surface area (Å²) >= 11 is 6.29. The quantitative estimate of drug-likeness (QED) is 0.735. The maximum atomic E-state index is 12.7. The molecule has 2 N–H and O–H groups in total. The molecule has 7 heteroatoms. The molecule has 3 rings (SSSR count). The molecule has 1 heterocycles. The number of hydrogen-bond donors (Lipinski definition) is 2. The molecular weight excluding hydrogens is 400 g/mol. The standard InChI is InChI=1S/C23H29ClN4O2/c1-17-7-6-9-20(18(17)2)25-22(29)15-26(3)16-23(30)28-13-11-27(12-14-28)21-10-5-4-8-19(21)24/h4-10H,11-16H2,1-3H3,(H,25,29)/p+1. The summed E-state index contributed by atoms with van der Waals surface area (Å²) in [5, 5.41) is 3.69. The number of benzene rings is 2. The van der Waals surface area contributed by atoms with E-state index in [1.807, 2.05) is 68.3 Å². The van der Waals surface area contributed by atoms with Crippen molar-refractivity contribution < 1.29 is 14.5 Å². The van der Waals surface area contributed by atoms with Gasteiger partial charge in [0.2, 0.25) is 0 Å². The molecule has 1 unspecified atom stereocenters. The molecule has 0 saturated carbocycles. The minimum absolute atomic E-state index is 0.0749. The SMILES string of the molecule is Cc1cccc(NC(=O)C[NH+](C)CC(=O)N2CCN(c3ccccc3Cl)CC2)c1C. The number of piperazine rings is 1. The summed E-state index contributed by atoms with van der Waals surface area (Å²) in [6, 6.07) is 13.6. The van der Waals surface area contributed by atoms with Gasteiger partial charge < -0.3 is 20.0 Å². The molecule has 30 heavy (non-hydrogen) atoms. The summed E-state index contributed by atoms with van der Waals surface area (Å²) < 4.78 is 0. The van der Waals surface area contributed by atoms with Gasteiger partial charge >= 0.3 is 0 Å².